The quantitative estimate of drug-likeness (QED) is 0.515. The second-order valence-corrected chi connectivity index (χ2v) is 4.41. The third-order valence-corrected chi connectivity index (χ3v) is 3.12. The first-order chi connectivity index (χ1) is 9.65. The van der Waals surface area contributed by atoms with Crippen LogP contribution in [0.25, 0.3) is 11.6 Å². The van der Waals surface area contributed by atoms with Crippen LogP contribution < -0.4 is 5.32 Å². The molecular formula is C15H10N2O3. The maximum absolute atomic E-state index is 11.9. The molecule has 5 nitrogen and oxygen atoms in total. The fourth-order valence-electron chi connectivity index (χ4n) is 2.14. The van der Waals surface area contributed by atoms with E-state index in [1.807, 2.05) is 24.3 Å². The van der Waals surface area contributed by atoms with E-state index in [-0.39, 0.29) is 11.6 Å². The molecule has 98 valence electrons. The fourth-order valence-corrected chi connectivity index (χ4v) is 2.14. The van der Waals surface area contributed by atoms with E-state index in [4.69, 9.17) is 0 Å². The van der Waals surface area contributed by atoms with E-state index in [0.29, 0.717) is 5.57 Å². The summed E-state index contributed by atoms with van der Waals surface area (Å²) in [6, 6.07) is 13.5. The van der Waals surface area contributed by atoms with Crippen molar-refractivity contribution in [3.63, 3.8) is 0 Å². The summed E-state index contributed by atoms with van der Waals surface area (Å²) in [5.41, 5.74) is 2.97. The van der Waals surface area contributed by atoms with Gasteiger partial charge in [-0.25, -0.2) is 0 Å². The lowest BCUT2D eigenvalue weighted by atomic mass is 10.0. The molecule has 0 atom stereocenters. The highest BCUT2D eigenvalue weighted by atomic mass is 16.6. The lowest BCUT2D eigenvalue weighted by molar-refractivity contribution is -0.384. The molecule has 1 aliphatic rings. The number of nitro benzene ring substituents is 1. The molecule has 0 saturated carbocycles. The third kappa shape index (κ3) is 2.05. The van der Waals surface area contributed by atoms with Gasteiger partial charge >= 0.3 is 0 Å². The average Bonchev–Trinajstić information content (AvgIpc) is 2.76. The number of nitro groups is 1. The highest BCUT2D eigenvalue weighted by Gasteiger charge is 2.23. The SMILES string of the molecule is O=C1Nc2ccccc2/C1=C/c1ccc([N+](=O)[O-])cc1. The summed E-state index contributed by atoms with van der Waals surface area (Å²) < 4.78 is 0. The van der Waals surface area contributed by atoms with E-state index < -0.39 is 4.92 Å². The Kier molecular flexibility index (Phi) is 2.80. The van der Waals surface area contributed by atoms with Crippen LogP contribution in [0.2, 0.25) is 0 Å². The molecule has 0 spiro atoms. The van der Waals surface area contributed by atoms with Crippen molar-refractivity contribution in [1.82, 2.24) is 0 Å². The first-order valence-corrected chi connectivity index (χ1v) is 6.02. The third-order valence-electron chi connectivity index (χ3n) is 3.12. The van der Waals surface area contributed by atoms with Crippen LogP contribution in [0.3, 0.4) is 0 Å². The molecule has 5 heteroatoms. The fraction of sp³-hybridized carbons (Fsp3) is 0. The molecule has 0 radical (unpaired) electrons. The van der Waals surface area contributed by atoms with Crippen LogP contribution in [-0.2, 0) is 4.79 Å². The Bertz CT molecular complexity index is 733. The summed E-state index contributed by atoms with van der Waals surface area (Å²) in [6.07, 6.45) is 1.73. The smallest absolute Gasteiger partial charge is 0.269 e. The van der Waals surface area contributed by atoms with Gasteiger partial charge in [-0.3, -0.25) is 14.9 Å². The van der Waals surface area contributed by atoms with Gasteiger partial charge in [-0.15, -0.1) is 0 Å². The zero-order chi connectivity index (χ0) is 14.1. The van der Waals surface area contributed by atoms with E-state index in [9.17, 15) is 14.9 Å². The summed E-state index contributed by atoms with van der Waals surface area (Å²) in [7, 11) is 0. The Balaban J connectivity index is 2.00. The number of non-ortho nitro benzene ring substituents is 1. The van der Waals surface area contributed by atoms with Gasteiger partial charge in [-0.2, -0.15) is 0 Å². The van der Waals surface area contributed by atoms with Gasteiger partial charge in [0.2, 0.25) is 0 Å². The molecule has 0 aliphatic carbocycles. The number of hydrogen-bond donors (Lipinski definition) is 1. The zero-order valence-electron chi connectivity index (χ0n) is 10.4. The van der Waals surface area contributed by atoms with Gasteiger partial charge in [0, 0.05) is 29.0 Å². The number of amides is 1. The minimum atomic E-state index is -0.450. The van der Waals surface area contributed by atoms with Gasteiger partial charge in [-0.1, -0.05) is 18.2 Å². The number of para-hydroxylation sites is 1. The second-order valence-electron chi connectivity index (χ2n) is 4.41. The van der Waals surface area contributed by atoms with Gasteiger partial charge in [0.15, 0.2) is 0 Å². The van der Waals surface area contributed by atoms with Gasteiger partial charge < -0.3 is 5.32 Å². The second kappa shape index (κ2) is 4.62. The lowest BCUT2D eigenvalue weighted by Crippen LogP contribution is -2.03. The van der Waals surface area contributed by atoms with Crippen LogP contribution >= 0.6 is 0 Å². The van der Waals surface area contributed by atoms with Gasteiger partial charge in [0.25, 0.3) is 11.6 Å². The maximum atomic E-state index is 11.9. The number of fused-ring (bicyclic) bond motifs is 1. The molecule has 0 unspecified atom stereocenters. The van der Waals surface area contributed by atoms with E-state index in [1.165, 1.54) is 12.1 Å². The van der Waals surface area contributed by atoms with Crippen molar-refractivity contribution in [3.8, 4) is 0 Å². The summed E-state index contributed by atoms with van der Waals surface area (Å²) in [4.78, 5) is 22.1. The minimum absolute atomic E-state index is 0.0309. The van der Waals surface area contributed by atoms with Crippen LogP contribution in [0.1, 0.15) is 11.1 Å². The number of benzene rings is 2. The van der Waals surface area contributed by atoms with Gasteiger partial charge in [-0.05, 0) is 29.8 Å². The molecule has 0 saturated heterocycles. The number of nitrogens with one attached hydrogen (secondary N) is 1. The van der Waals surface area contributed by atoms with E-state index in [2.05, 4.69) is 5.32 Å². The predicted molar refractivity (Wildman–Crippen MR) is 76.0 cm³/mol. The summed E-state index contributed by atoms with van der Waals surface area (Å²) in [6.45, 7) is 0. The van der Waals surface area contributed by atoms with Gasteiger partial charge in [0.1, 0.15) is 0 Å². The maximum Gasteiger partial charge on any atom is 0.269 e. The molecular weight excluding hydrogens is 256 g/mol. The molecule has 1 heterocycles. The monoisotopic (exact) mass is 266 g/mol. The first kappa shape index (κ1) is 12.1. The van der Waals surface area contributed by atoms with Crippen LogP contribution in [-0.4, -0.2) is 10.8 Å². The highest BCUT2D eigenvalue weighted by Crippen LogP contribution is 2.32. The van der Waals surface area contributed by atoms with E-state index in [1.54, 1.807) is 18.2 Å². The van der Waals surface area contributed by atoms with Crippen molar-refractivity contribution >= 4 is 28.9 Å². The zero-order valence-corrected chi connectivity index (χ0v) is 10.4. The van der Waals surface area contributed by atoms with Crippen molar-refractivity contribution in [3.05, 3.63) is 69.8 Å². The van der Waals surface area contributed by atoms with Crippen molar-refractivity contribution < 1.29 is 9.72 Å². The molecule has 3 rings (SSSR count). The Morgan fingerprint density at radius 2 is 1.75 bits per heavy atom. The van der Waals surface area contributed by atoms with E-state index in [0.717, 1.165) is 16.8 Å². The van der Waals surface area contributed by atoms with Crippen molar-refractivity contribution in [2.75, 3.05) is 5.32 Å². The molecule has 1 N–H and O–H groups in total. The number of anilines is 1. The topological polar surface area (TPSA) is 72.2 Å². The molecule has 0 bridgehead atoms. The number of carbonyl (C=O) groups excluding carboxylic acids is 1. The molecule has 2 aromatic rings. The lowest BCUT2D eigenvalue weighted by Gasteiger charge is -1.98. The number of nitrogens with zero attached hydrogens (tertiary/aromatic N) is 1. The Morgan fingerprint density at radius 3 is 2.45 bits per heavy atom. The molecule has 0 fully saturated rings. The van der Waals surface area contributed by atoms with Crippen LogP contribution in [0.5, 0.6) is 0 Å². The first-order valence-electron chi connectivity index (χ1n) is 6.02. The molecule has 20 heavy (non-hydrogen) atoms. The number of carbonyl (C=O) groups is 1. The van der Waals surface area contributed by atoms with Crippen LogP contribution in [0.15, 0.2) is 48.5 Å². The van der Waals surface area contributed by atoms with Crippen LogP contribution in [0.4, 0.5) is 11.4 Å². The summed E-state index contributed by atoms with van der Waals surface area (Å²) in [5, 5.41) is 13.4. The van der Waals surface area contributed by atoms with Gasteiger partial charge in [0.05, 0.1) is 4.92 Å². The molecule has 0 aromatic heterocycles. The van der Waals surface area contributed by atoms with Crippen LogP contribution in [0, 0.1) is 10.1 Å². The normalized spacial score (nSPS) is 15.0. The number of rotatable bonds is 2. The van der Waals surface area contributed by atoms with Crippen molar-refractivity contribution in [2.45, 2.75) is 0 Å². The Hall–Kier alpha value is -2.95. The average molecular weight is 266 g/mol. The molecule has 1 aliphatic heterocycles. The van der Waals surface area contributed by atoms with Crippen molar-refractivity contribution in [2.24, 2.45) is 0 Å². The largest absolute Gasteiger partial charge is 0.321 e. The minimum Gasteiger partial charge on any atom is -0.321 e. The summed E-state index contributed by atoms with van der Waals surface area (Å²) in [5.74, 6) is -0.162. The molecule has 1 amide bonds. The van der Waals surface area contributed by atoms with E-state index >= 15 is 0 Å². The summed E-state index contributed by atoms with van der Waals surface area (Å²) >= 11 is 0. The Morgan fingerprint density at radius 1 is 1.05 bits per heavy atom. The standard InChI is InChI=1S/C15H10N2O3/c18-15-13(12-3-1-2-4-14(12)16-15)9-10-5-7-11(8-6-10)17(19)20/h1-9H,(H,16,18)/b13-9-. The molecule has 2 aromatic carbocycles. The van der Waals surface area contributed by atoms with Crippen molar-refractivity contribution in [1.29, 1.82) is 0 Å². The Labute approximate surface area is 114 Å². The number of hydrogen-bond acceptors (Lipinski definition) is 3. The highest BCUT2D eigenvalue weighted by molar-refractivity contribution is 6.34. The predicted octanol–water partition coefficient (Wildman–Crippen LogP) is 3.09.